The smallest absolute Gasteiger partial charge is 0.255 e. The largest absolute Gasteiger partial charge is 0.473 e. The quantitative estimate of drug-likeness (QED) is 0.379. The summed E-state index contributed by atoms with van der Waals surface area (Å²) < 4.78 is 6.22. The van der Waals surface area contributed by atoms with Gasteiger partial charge in [-0.3, -0.25) is 4.79 Å². The number of aryl methyl sites for hydroxylation is 2. The fourth-order valence-electron chi connectivity index (χ4n) is 6.09. The molecule has 2 aromatic heterocycles. The van der Waals surface area contributed by atoms with E-state index in [0.717, 1.165) is 60.4 Å². The molecule has 0 radical (unpaired) electrons. The van der Waals surface area contributed by atoms with E-state index in [9.17, 15) is 4.79 Å². The van der Waals surface area contributed by atoms with E-state index in [4.69, 9.17) is 9.72 Å². The molecule has 196 valence electrons. The summed E-state index contributed by atoms with van der Waals surface area (Å²) in [6.45, 7) is 12.5. The molecule has 5 rings (SSSR count). The molecule has 0 bridgehead atoms. The highest BCUT2D eigenvalue weighted by Crippen LogP contribution is 2.43. The molecule has 4 heterocycles. The minimum atomic E-state index is 0.162. The van der Waals surface area contributed by atoms with E-state index in [0.29, 0.717) is 30.9 Å². The summed E-state index contributed by atoms with van der Waals surface area (Å²) in [5.74, 6) is 2.07. The maximum atomic E-state index is 13.9. The van der Waals surface area contributed by atoms with Crippen LogP contribution in [-0.2, 0) is 19.6 Å². The highest BCUT2D eigenvalue weighted by molar-refractivity contribution is 7.12. The number of thiophene rings is 1. The average Bonchev–Trinajstić information content (AvgIpc) is 3.24. The van der Waals surface area contributed by atoms with E-state index in [1.165, 1.54) is 28.2 Å². The van der Waals surface area contributed by atoms with Crippen molar-refractivity contribution in [1.82, 2.24) is 15.2 Å². The fourth-order valence-corrected chi connectivity index (χ4v) is 7.65. The van der Waals surface area contributed by atoms with E-state index in [1.54, 1.807) is 0 Å². The monoisotopic (exact) mass is 517 g/mol. The standard InChI is InChI=1S/C31H39N3O2S/c1-5-25(24-11-14-32-15-12-24)29-22(4)28-27(37-29)13-16-34(31(28)35)18-26-20(2)17-21(3)33-30(26)36-19-23-9-7-6-8-10-23/h6-10,17,24-25,32H,5,11-16,18-19H2,1-4H3. The normalized spacial score (nSPS) is 17.1. The first-order chi connectivity index (χ1) is 18.0. The van der Waals surface area contributed by atoms with Crippen LogP contribution < -0.4 is 10.1 Å². The minimum Gasteiger partial charge on any atom is -0.473 e. The summed E-state index contributed by atoms with van der Waals surface area (Å²) in [6, 6.07) is 12.2. The summed E-state index contributed by atoms with van der Waals surface area (Å²) in [5, 5.41) is 3.50. The second-order valence-corrected chi connectivity index (χ2v) is 11.7. The third-order valence-corrected chi connectivity index (χ3v) is 9.58. The molecule has 1 unspecified atom stereocenters. The van der Waals surface area contributed by atoms with Crippen LogP contribution in [0.25, 0.3) is 0 Å². The first kappa shape index (κ1) is 25.9. The Labute approximate surface area is 225 Å². The highest BCUT2D eigenvalue weighted by atomic mass is 32.1. The highest BCUT2D eigenvalue weighted by Gasteiger charge is 2.34. The van der Waals surface area contributed by atoms with E-state index >= 15 is 0 Å². The molecular weight excluding hydrogens is 478 g/mol. The van der Waals surface area contributed by atoms with E-state index < -0.39 is 0 Å². The number of aromatic nitrogens is 1. The number of fused-ring (bicyclic) bond motifs is 1. The van der Waals surface area contributed by atoms with Gasteiger partial charge in [0.2, 0.25) is 5.88 Å². The number of carbonyl (C=O) groups excluding carboxylic acids is 1. The fraction of sp³-hybridized carbons (Fsp3) is 0.484. The lowest BCUT2D eigenvalue weighted by Gasteiger charge is -2.30. The number of nitrogens with zero attached hydrogens (tertiary/aromatic N) is 2. The van der Waals surface area contributed by atoms with Gasteiger partial charge >= 0.3 is 0 Å². The van der Waals surface area contributed by atoms with Crippen molar-refractivity contribution in [2.45, 2.75) is 72.4 Å². The molecule has 1 saturated heterocycles. The van der Waals surface area contributed by atoms with Gasteiger partial charge in [-0.2, -0.15) is 0 Å². The Bertz CT molecular complexity index is 1250. The Morgan fingerprint density at radius 1 is 1.16 bits per heavy atom. The Hall–Kier alpha value is -2.70. The van der Waals surface area contributed by atoms with Crippen LogP contribution in [0, 0.1) is 26.7 Å². The van der Waals surface area contributed by atoms with Crippen molar-refractivity contribution in [1.29, 1.82) is 0 Å². The zero-order chi connectivity index (χ0) is 25.9. The molecule has 3 aromatic rings. The number of ether oxygens (including phenoxy) is 1. The molecule has 1 fully saturated rings. The lowest BCUT2D eigenvalue weighted by Crippen LogP contribution is -2.37. The van der Waals surface area contributed by atoms with Gasteiger partial charge < -0.3 is 15.0 Å². The Morgan fingerprint density at radius 2 is 1.92 bits per heavy atom. The van der Waals surface area contributed by atoms with Crippen molar-refractivity contribution in [2.75, 3.05) is 19.6 Å². The third kappa shape index (κ3) is 5.46. The number of carbonyl (C=O) groups is 1. The molecule has 2 aliphatic rings. The van der Waals surface area contributed by atoms with Crippen molar-refractivity contribution in [3.63, 3.8) is 0 Å². The molecule has 37 heavy (non-hydrogen) atoms. The second-order valence-electron chi connectivity index (χ2n) is 10.6. The molecule has 0 saturated carbocycles. The molecule has 6 heteroatoms. The number of hydrogen-bond donors (Lipinski definition) is 1. The predicted molar refractivity (Wildman–Crippen MR) is 151 cm³/mol. The molecular formula is C31H39N3O2S. The van der Waals surface area contributed by atoms with Crippen LogP contribution in [0.15, 0.2) is 36.4 Å². The number of amides is 1. The topological polar surface area (TPSA) is 54.5 Å². The van der Waals surface area contributed by atoms with Gasteiger partial charge in [0.1, 0.15) is 6.61 Å². The first-order valence-electron chi connectivity index (χ1n) is 13.7. The van der Waals surface area contributed by atoms with Gasteiger partial charge in [-0.25, -0.2) is 4.98 Å². The lowest BCUT2D eigenvalue weighted by atomic mass is 9.81. The summed E-state index contributed by atoms with van der Waals surface area (Å²) in [6.07, 6.45) is 4.52. The molecule has 1 amide bonds. The zero-order valence-electron chi connectivity index (χ0n) is 22.6. The number of hydrogen-bond acceptors (Lipinski definition) is 5. The summed E-state index contributed by atoms with van der Waals surface area (Å²) in [7, 11) is 0. The molecule has 2 aliphatic heterocycles. The number of piperidine rings is 1. The van der Waals surface area contributed by atoms with Crippen molar-refractivity contribution < 1.29 is 9.53 Å². The summed E-state index contributed by atoms with van der Waals surface area (Å²) in [4.78, 5) is 23.3. The molecule has 1 atom stereocenters. The Balaban J connectivity index is 1.38. The maximum absolute atomic E-state index is 13.9. The third-order valence-electron chi connectivity index (χ3n) is 8.10. The molecule has 1 N–H and O–H groups in total. The van der Waals surface area contributed by atoms with Crippen LogP contribution in [-0.4, -0.2) is 35.4 Å². The van der Waals surface area contributed by atoms with Gasteiger partial charge in [0.05, 0.1) is 12.1 Å². The maximum Gasteiger partial charge on any atom is 0.255 e. The summed E-state index contributed by atoms with van der Waals surface area (Å²) >= 11 is 1.91. The Morgan fingerprint density at radius 3 is 2.65 bits per heavy atom. The van der Waals surface area contributed by atoms with E-state index in [-0.39, 0.29) is 5.91 Å². The van der Waals surface area contributed by atoms with Crippen LogP contribution in [0.3, 0.4) is 0 Å². The SMILES string of the molecule is CCC(c1sc2c(c1C)C(=O)N(Cc1c(C)cc(C)nc1OCc1ccccc1)CC2)C1CCNCC1. The van der Waals surface area contributed by atoms with Crippen LogP contribution in [0.5, 0.6) is 5.88 Å². The van der Waals surface area contributed by atoms with Gasteiger partial charge in [0, 0.05) is 34.0 Å². The predicted octanol–water partition coefficient (Wildman–Crippen LogP) is 6.34. The first-order valence-corrected chi connectivity index (χ1v) is 14.5. The van der Waals surface area contributed by atoms with Gasteiger partial charge in [-0.1, -0.05) is 37.3 Å². The van der Waals surface area contributed by atoms with Crippen molar-refractivity contribution in [3.05, 3.63) is 79.7 Å². The Kier molecular flexibility index (Phi) is 7.96. The van der Waals surface area contributed by atoms with Crippen molar-refractivity contribution in [2.24, 2.45) is 5.92 Å². The molecule has 0 aliphatic carbocycles. The van der Waals surface area contributed by atoms with Crippen LogP contribution >= 0.6 is 11.3 Å². The van der Waals surface area contributed by atoms with Crippen LogP contribution in [0.1, 0.15) is 80.2 Å². The molecule has 5 nitrogen and oxygen atoms in total. The van der Waals surface area contributed by atoms with Gasteiger partial charge in [-0.15, -0.1) is 11.3 Å². The van der Waals surface area contributed by atoms with Crippen molar-refractivity contribution >= 4 is 17.2 Å². The number of pyridine rings is 1. The van der Waals surface area contributed by atoms with Gasteiger partial charge in [-0.05, 0) is 87.7 Å². The van der Waals surface area contributed by atoms with Crippen molar-refractivity contribution in [3.8, 4) is 5.88 Å². The number of benzene rings is 1. The molecule has 0 spiro atoms. The van der Waals surface area contributed by atoms with E-state index in [2.05, 4.69) is 44.3 Å². The second kappa shape index (κ2) is 11.4. The minimum absolute atomic E-state index is 0.162. The van der Waals surface area contributed by atoms with Gasteiger partial charge in [0.15, 0.2) is 0 Å². The zero-order valence-corrected chi connectivity index (χ0v) is 23.4. The van der Waals surface area contributed by atoms with Gasteiger partial charge in [0.25, 0.3) is 5.91 Å². The average molecular weight is 518 g/mol. The van der Waals surface area contributed by atoms with E-state index in [1.807, 2.05) is 41.4 Å². The van der Waals surface area contributed by atoms with Crippen LogP contribution in [0.4, 0.5) is 0 Å². The molecule has 1 aromatic carbocycles. The number of rotatable bonds is 8. The van der Waals surface area contributed by atoms with Crippen LogP contribution in [0.2, 0.25) is 0 Å². The lowest BCUT2D eigenvalue weighted by molar-refractivity contribution is 0.0726. The number of nitrogens with one attached hydrogen (secondary N) is 1. The summed E-state index contributed by atoms with van der Waals surface area (Å²) in [5.41, 5.74) is 6.34.